The second-order valence-corrected chi connectivity index (χ2v) is 9.82. The highest BCUT2D eigenvalue weighted by molar-refractivity contribution is 7.16. The summed E-state index contributed by atoms with van der Waals surface area (Å²) in [6.07, 6.45) is 5.48. The average Bonchev–Trinajstić information content (AvgIpc) is 3.54. The highest BCUT2D eigenvalue weighted by Crippen LogP contribution is 2.35. The summed E-state index contributed by atoms with van der Waals surface area (Å²) in [4.78, 5) is 28.3. The molecule has 2 N–H and O–H groups in total. The van der Waals surface area contributed by atoms with Crippen molar-refractivity contribution in [2.24, 2.45) is 0 Å². The van der Waals surface area contributed by atoms with E-state index in [2.05, 4.69) is 10.3 Å². The molecule has 0 saturated carbocycles. The molecule has 0 saturated heterocycles. The Labute approximate surface area is 233 Å². The zero-order valence-electron chi connectivity index (χ0n) is 19.9. The first-order valence-corrected chi connectivity index (χ1v) is 13.3. The predicted molar refractivity (Wildman–Crippen MR) is 150 cm³/mol. The van der Waals surface area contributed by atoms with Crippen molar-refractivity contribution in [1.82, 2.24) is 14.5 Å². The topological polar surface area (TPSA) is 96.7 Å². The zero-order chi connectivity index (χ0) is 26.8. The van der Waals surface area contributed by atoms with Gasteiger partial charge in [0.2, 0.25) is 0 Å². The second kappa shape index (κ2) is 14.1. The molecule has 0 aliphatic carbocycles. The Hall–Kier alpha value is -2.98. The molecular formula is C25H25Cl3N4O4S. The van der Waals surface area contributed by atoms with Crippen LogP contribution in [0.4, 0.5) is 9.80 Å². The SMILES string of the molecule is CCCN(CCOc1c(Cl)cc(Cl)cc1Cl)C(=O)n1ccnc1.O=C(O)CNc1scc2ccccc12. The third-order valence-electron chi connectivity index (χ3n) is 4.97. The monoisotopic (exact) mass is 582 g/mol. The number of carbonyl (C=O) groups excluding carboxylic acids is 1. The summed E-state index contributed by atoms with van der Waals surface area (Å²) < 4.78 is 7.05. The van der Waals surface area contributed by atoms with Crippen LogP contribution in [-0.4, -0.2) is 57.8 Å². The van der Waals surface area contributed by atoms with E-state index in [1.54, 1.807) is 29.4 Å². The minimum Gasteiger partial charge on any atom is -0.489 e. The number of rotatable bonds is 9. The Morgan fingerprint density at radius 3 is 2.54 bits per heavy atom. The van der Waals surface area contributed by atoms with Crippen LogP contribution >= 0.6 is 46.1 Å². The number of amides is 1. The van der Waals surface area contributed by atoms with E-state index in [9.17, 15) is 9.59 Å². The van der Waals surface area contributed by atoms with E-state index >= 15 is 0 Å². The number of anilines is 1. The number of aromatic nitrogens is 2. The smallest absolute Gasteiger partial charge is 0.329 e. The van der Waals surface area contributed by atoms with Gasteiger partial charge in [-0.1, -0.05) is 66.0 Å². The predicted octanol–water partition coefficient (Wildman–Crippen LogP) is 7.00. The summed E-state index contributed by atoms with van der Waals surface area (Å²) in [5.74, 6) is -0.480. The molecule has 0 radical (unpaired) electrons. The van der Waals surface area contributed by atoms with Crippen LogP contribution in [-0.2, 0) is 4.79 Å². The molecule has 196 valence electrons. The molecule has 0 spiro atoms. The van der Waals surface area contributed by atoms with Crippen LogP contribution in [0.15, 0.2) is 60.5 Å². The molecule has 37 heavy (non-hydrogen) atoms. The number of benzene rings is 2. The summed E-state index contributed by atoms with van der Waals surface area (Å²) >= 11 is 19.5. The van der Waals surface area contributed by atoms with E-state index in [4.69, 9.17) is 44.6 Å². The van der Waals surface area contributed by atoms with Crippen LogP contribution < -0.4 is 10.1 Å². The first-order valence-electron chi connectivity index (χ1n) is 11.3. The van der Waals surface area contributed by atoms with E-state index < -0.39 is 5.97 Å². The van der Waals surface area contributed by atoms with Gasteiger partial charge in [0.15, 0.2) is 5.75 Å². The molecule has 2 aromatic carbocycles. The highest BCUT2D eigenvalue weighted by Gasteiger charge is 2.15. The molecule has 12 heteroatoms. The number of carboxylic acid groups (broad SMARTS) is 1. The first kappa shape index (κ1) is 28.6. The third-order valence-corrected chi connectivity index (χ3v) is 6.72. The van der Waals surface area contributed by atoms with Crippen molar-refractivity contribution in [2.45, 2.75) is 13.3 Å². The molecule has 0 atom stereocenters. The molecule has 1 amide bonds. The molecule has 4 aromatic rings. The summed E-state index contributed by atoms with van der Waals surface area (Å²) in [7, 11) is 0. The fourth-order valence-electron chi connectivity index (χ4n) is 3.32. The normalized spacial score (nSPS) is 10.5. The number of imidazole rings is 1. The van der Waals surface area contributed by atoms with E-state index in [1.165, 1.54) is 22.2 Å². The van der Waals surface area contributed by atoms with Crippen molar-refractivity contribution in [3.8, 4) is 5.75 Å². The minimum atomic E-state index is -0.845. The Bertz CT molecular complexity index is 1310. The van der Waals surface area contributed by atoms with Crippen LogP contribution in [0.5, 0.6) is 5.75 Å². The lowest BCUT2D eigenvalue weighted by Crippen LogP contribution is -2.37. The van der Waals surface area contributed by atoms with Gasteiger partial charge in [0.25, 0.3) is 0 Å². The summed E-state index contributed by atoms with van der Waals surface area (Å²) in [6.45, 7) is 3.25. The molecule has 2 aromatic heterocycles. The molecule has 0 fully saturated rings. The van der Waals surface area contributed by atoms with Crippen molar-refractivity contribution < 1.29 is 19.4 Å². The van der Waals surface area contributed by atoms with Crippen molar-refractivity contribution in [3.63, 3.8) is 0 Å². The number of fused-ring (bicyclic) bond motifs is 1. The Kier molecular flexibility index (Phi) is 10.9. The zero-order valence-corrected chi connectivity index (χ0v) is 22.9. The number of aliphatic carboxylic acids is 1. The fraction of sp³-hybridized carbons (Fsp3) is 0.240. The number of thiophene rings is 1. The van der Waals surface area contributed by atoms with Gasteiger partial charge in [0.1, 0.15) is 19.5 Å². The summed E-state index contributed by atoms with van der Waals surface area (Å²) in [5, 5.41) is 17.7. The molecule has 0 aliphatic rings. The van der Waals surface area contributed by atoms with E-state index in [-0.39, 0.29) is 19.2 Å². The number of nitrogens with one attached hydrogen (secondary N) is 1. The molecule has 2 heterocycles. The maximum atomic E-state index is 12.3. The molecule has 0 bridgehead atoms. The van der Waals surface area contributed by atoms with Gasteiger partial charge in [-0.15, -0.1) is 11.3 Å². The Morgan fingerprint density at radius 1 is 1.16 bits per heavy atom. The number of halogens is 3. The third kappa shape index (κ3) is 8.26. The first-order chi connectivity index (χ1) is 17.8. The molecular weight excluding hydrogens is 559 g/mol. The standard InChI is InChI=1S/C15H16Cl3N3O2.C10H9NO2S/c1-2-4-20(15(22)21-5-3-19-10-21)6-7-23-14-12(17)8-11(16)9-13(14)18;12-9(13)5-11-10-8-4-2-1-3-7(8)6-14-10/h3,5,8-10H,2,4,6-7H2,1H3;1-4,6,11H,5H2,(H,12,13). The van der Waals surface area contributed by atoms with Gasteiger partial charge in [-0.25, -0.2) is 9.78 Å². The number of nitrogens with zero attached hydrogens (tertiary/aromatic N) is 3. The van der Waals surface area contributed by atoms with Crippen molar-refractivity contribution in [1.29, 1.82) is 0 Å². The van der Waals surface area contributed by atoms with Gasteiger partial charge >= 0.3 is 12.0 Å². The Morgan fingerprint density at radius 2 is 1.89 bits per heavy atom. The van der Waals surface area contributed by atoms with Crippen molar-refractivity contribution in [2.75, 3.05) is 31.6 Å². The lowest BCUT2D eigenvalue weighted by molar-refractivity contribution is -0.134. The highest BCUT2D eigenvalue weighted by atomic mass is 35.5. The molecule has 4 rings (SSSR count). The summed E-state index contributed by atoms with van der Waals surface area (Å²) in [6, 6.07) is 10.9. The second-order valence-electron chi connectivity index (χ2n) is 7.69. The number of ether oxygens (including phenoxy) is 1. The van der Waals surface area contributed by atoms with Crippen molar-refractivity contribution >= 4 is 73.9 Å². The van der Waals surface area contributed by atoms with Gasteiger partial charge in [-0.05, 0) is 23.9 Å². The quantitative estimate of drug-likeness (QED) is 0.220. The van der Waals surface area contributed by atoms with Crippen LogP contribution in [0.1, 0.15) is 13.3 Å². The molecule has 0 unspecified atom stereocenters. The van der Waals surface area contributed by atoms with Gasteiger partial charge in [0, 0.05) is 34.7 Å². The van der Waals surface area contributed by atoms with E-state index in [1.807, 2.05) is 36.6 Å². The lowest BCUT2D eigenvalue weighted by Gasteiger charge is -2.22. The van der Waals surface area contributed by atoms with Crippen LogP contribution in [0.3, 0.4) is 0 Å². The van der Waals surface area contributed by atoms with Gasteiger partial charge in [-0.2, -0.15) is 0 Å². The number of carbonyl (C=O) groups is 2. The van der Waals surface area contributed by atoms with E-state index in [0.717, 1.165) is 22.2 Å². The van der Waals surface area contributed by atoms with E-state index in [0.29, 0.717) is 33.9 Å². The van der Waals surface area contributed by atoms with Crippen LogP contribution in [0.25, 0.3) is 10.8 Å². The average molecular weight is 584 g/mol. The summed E-state index contributed by atoms with van der Waals surface area (Å²) in [5.41, 5.74) is 0. The largest absolute Gasteiger partial charge is 0.489 e. The maximum Gasteiger partial charge on any atom is 0.329 e. The molecule has 8 nitrogen and oxygen atoms in total. The Balaban J connectivity index is 0.000000231. The van der Waals surface area contributed by atoms with Gasteiger partial charge in [0.05, 0.1) is 21.6 Å². The molecule has 0 aliphatic heterocycles. The van der Waals surface area contributed by atoms with Crippen LogP contribution in [0.2, 0.25) is 15.1 Å². The van der Waals surface area contributed by atoms with Crippen molar-refractivity contribution in [3.05, 3.63) is 75.6 Å². The van der Waals surface area contributed by atoms with Gasteiger partial charge < -0.3 is 20.1 Å². The lowest BCUT2D eigenvalue weighted by atomic mass is 10.2. The van der Waals surface area contributed by atoms with Gasteiger partial charge in [-0.3, -0.25) is 9.36 Å². The number of hydrogen-bond acceptors (Lipinski definition) is 6. The number of carboxylic acids is 1. The fourth-order valence-corrected chi connectivity index (χ4v) is 5.16. The maximum absolute atomic E-state index is 12.3. The minimum absolute atomic E-state index is 0.0372. The number of hydrogen-bond donors (Lipinski definition) is 2. The van der Waals surface area contributed by atoms with Crippen LogP contribution in [0, 0.1) is 0 Å².